The summed E-state index contributed by atoms with van der Waals surface area (Å²) in [6.45, 7) is 6.33. The second-order valence-corrected chi connectivity index (χ2v) is 7.03. The SMILES string of the molecule is CCCCC(CCC)Oc1ccc(OC(=O)c2ccc(C(C)OC)cc2)cc1. The number of carbonyl (C=O) groups is 1. The van der Waals surface area contributed by atoms with Gasteiger partial charge in [0, 0.05) is 7.11 Å². The lowest BCUT2D eigenvalue weighted by Crippen LogP contribution is -2.16. The fourth-order valence-electron chi connectivity index (χ4n) is 2.99. The van der Waals surface area contributed by atoms with Gasteiger partial charge >= 0.3 is 5.97 Å². The Bertz CT molecular complexity index is 706. The van der Waals surface area contributed by atoms with Crippen molar-refractivity contribution >= 4 is 5.97 Å². The van der Waals surface area contributed by atoms with Gasteiger partial charge in [0.1, 0.15) is 11.5 Å². The summed E-state index contributed by atoms with van der Waals surface area (Å²) in [6.07, 6.45) is 5.79. The molecule has 28 heavy (non-hydrogen) atoms. The Kier molecular flexibility index (Phi) is 9.02. The van der Waals surface area contributed by atoms with Crippen molar-refractivity contribution in [3.05, 3.63) is 59.7 Å². The molecule has 0 radical (unpaired) electrons. The molecule has 2 rings (SSSR count). The monoisotopic (exact) mass is 384 g/mol. The number of benzene rings is 2. The highest BCUT2D eigenvalue weighted by Gasteiger charge is 2.12. The zero-order chi connectivity index (χ0) is 20.4. The van der Waals surface area contributed by atoms with Crippen LogP contribution in [0.3, 0.4) is 0 Å². The van der Waals surface area contributed by atoms with Crippen molar-refractivity contribution in [2.45, 2.75) is 65.1 Å². The van der Waals surface area contributed by atoms with E-state index in [1.54, 1.807) is 31.4 Å². The predicted octanol–water partition coefficient (Wildman–Crippen LogP) is 6.35. The summed E-state index contributed by atoms with van der Waals surface area (Å²) >= 11 is 0. The summed E-state index contributed by atoms with van der Waals surface area (Å²) in [5, 5.41) is 0. The summed E-state index contributed by atoms with van der Waals surface area (Å²) in [5.41, 5.74) is 1.53. The maximum atomic E-state index is 12.3. The fraction of sp³-hybridized carbons (Fsp3) is 0.458. The van der Waals surface area contributed by atoms with Crippen LogP contribution in [0, 0.1) is 0 Å². The van der Waals surface area contributed by atoms with E-state index < -0.39 is 0 Å². The molecule has 0 saturated carbocycles. The van der Waals surface area contributed by atoms with E-state index in [1.807, 2.05) is 31.2 Å². The van der Waals surface area contributed by atoms with Crippen LogP contribution in [-0.4, -0.2) is 19.2 Å². The molecule has 4 heteroatoms. The Balaban J connectivity index is 1.94. The van der Waals surface area contributed by atoms with Gasteiger partial charge in [-0.15, -0.1) is 0 Å². The third-order valence-corrected chi connectivity index (χ3v) is 4.80. The van der Waals surface area contributed by atoms with Gasteiger partial charge in [-0.2, -0.15) is 0 Å². The van der Waals surface area contributed by atoms with Crippen molar-refractivity contribution in [2.75, 3.05) is 7.11 Å². The van der Waals surface area contributed by atoms with Gasteiger partial charge in [0.25, 0.3) is 0 Å². The first-order valence-electron chi connectivity index (χ1n) is 10.2. The first-order chi connectivity index (χ1) is 13.6. The highest BCUT2D eigenvalue weighted by molar-refractivity contribution is 5.91. The van der Waals surface area contributed by atoms with Crippen LogP contribution in [0.25, 0.3) is 0 Å². The normalized spacial score (nSPS) is 13.0. The number of methoxy groups -OCH3 is 1. The third kappa shape index (κ3) is 6.68. The molecular formula is C24H32O4. The van der Waals surface area contributed by atoms with Crippen molar-refractivity contribution in [3.63, 3.8) is 0 Å². The lowest BCUT2D eigenvalue weighted by molar-refractivity contribution is 0.0734. The van der Waals surface area contributed by atoms with E-state index in [9.17, 15) is 4.79 Å². The van der Waals surface area contributed by atoms with Gasteiger partial charge < -0.3 is 14.2 Å². The summed E-state index contributed by atoms with van der Waals surface area (Å²) in [5.74, 6) is 0.941. The van der Waals surface area contributed by atoms with Gasteiger partial charge in [0.05, 0.1) is 17.8 Å². The number of carbonyl (C=O) groups excluding carboxylic acids is 1. The lowest BCUT2D eigenvalue weighted by Gasteiger charge is -2.18. The third-order valence-electron chi connectivity index (χ3n) is 4.80. The van der Waals surface area contributed by atoms with Crippen LogP contribution in [0.5, 0.6) is 11.5 Å². The number of unbranched alkanes of at least 4 members (excludes halogenated alkanes) is 1. The minimum Gasteiger partial charge on any atom is -0.490 e. The molecule has 2 aromatic carbocycles. The topological polar surface area (TPSA) is 44.8 Å². The summed E-state index contributed by atoms with van der Waals surface area (Å²) in [6, 6.07) is 14.6. The zero-order valence-corrected chi connectivity index (χ0v) is 17.4. The van der Waals surface area contributed by atoms with Gasteiger partial charge in [-0.1, -0.05) is 45.2 Å². The van der Waals surface area contributed by atoms with Gasteiger partial charge in [-0.25, -0.2) is 4.79 Å². The minimum absolute atomic E-state index is 0.00789. The number of esters is 1. The Morgan fingerprint density at radius 3 is 2.11 bits per heavy atom. The average molecular weight is 385 g/mol. The molecule has 0 amide bonds. The van der Waals surface area contributed by atoms with Crippen LogP contribution in [0.15, 0.2) is 48.5 Å². The first-order valence-corrected chi connectivity index (χ1v) is 10.2. The smallest absolute Gasteiger partial charge is 0.343 e. The maximum Gasteiger partial charge on any atom is 0.343 e. The van der Waals surface area contributed by atoms with E-state index in [2.05, 4.69) is 13.8 Å². The molecule has 0 aliphatic rings. The molecule has 0 heterocycles. The molecule has 0 spiro atoms. The van der Waals surface area contributed by atoms with Crippen LogP contribution < -0.4 is 9.47 Å². The summed E-state index contributed by atoms with van der Waals surface area (Å²) < 4.78 is 16.8. The van der Waals surface area contributed by atoms with Crippen molar-refractivity contribution in [3.8, 4) is 11.5 Å². The number of rotatable bonds is 11. The van der Waals surface area contributed by atoms with Crippen LogP contribution in [-0.2, 0) is 4.74 Å². The molecule has 0 N–H and O–H groups in total. The van der Waals surface area contributed by atoms with Crippen LogP contribution in [0.1, 0.15) is 74.9 Å². The number of ether oxygens (including phenoxy) is 3. The Morgan fingerprint density at radius 2 is 1.54 bits per heavy atom. The highest BCUT2D eigenvalue weighted by Crippen LogP contribution is 2.23. The Hall–Kier alpha value is -2.33. The van der Waals surface area contributed by atoms with Crippen LogP contribution >= 0.6 is 0 Å². The van der Waals surface area contributed by atoms with Crippen molar-refractivity contribution in [1.29, 1.82) is 0 Å². The predicted molar refractivity (Wildman–Crippen MR) is 112 cm³/mol. The second kappa shape index (κ2) is 11.5. The Labute approximate surface area is 168 Å². The molecule has 0 aromatic heterocycles. The van der Waals surface area contributed by atoms with E-state index in [0.29, 0.717) is 11.3 Å². The van der Waals surface area contributed by atoms with E-state index in [4.69, 9.17) is 14.2 Å². The molecule has 2 aromatic rings. The largest absolute Gasteiger partial charge is 0.490 e. The van der Waals surface area contributed by atoms with Crippen LogP contribution in [0.2, 0.25) is 0 Å². The zero-order valence-electron chi connectivity index (χ0n) is 17.4. The Morgan fingerprint density at radius 1 is 0.893 bits per heavy atom. The lowest BCUT2D eigenvalue weighted by atomic mass is 10.1. The van der Waals surface area contributed by atoms with Crippen LogP contribution in [0.4, 0.5) is 0 Å². The minimum atomic E-state index is -0.378. The average Bonchev–Trinajstić information content (AvgIpc) is 2.73. The second-order valence-electron chi connectivity index (χ2n) is 7.03. The molecule has 0 fully saturated rings. The van der Waals surface area contributed by atoms with Gasteiger partial charge in [-0.3, -0.25) is 0 Å². The van der Waals surface area contributed by atoms with E-state index in [0.717, 1.165) is 30.6 Å². The van der Waals surface area contributed by atoms with Gasteiger partial charge in [-0.05, 0) is 61.7 Å². The molecule has 0 aliphatic heterocycles. The van der Waals surface area contributed by atoms with E-state index >= 15 is 0 Å². The van der Waals surface area contributed by atoms with Crippen molar-refractivity contribution in [2.24, 2.45) is 0 Å². The molecule has 0 saturated heterocycles. The summed E-state index contributed by atoms with van der Waals surface area (Å²) in [7, 11) is 1.66. The molecule has 0 bridgehead atoms. The first kappa shape index (κ1) is 22.0. The van der Waals surface area contributed by atoms with Gasteiger partial charge in [0.15, 0.2) is 0 Å². The summed E-state index contributed by atoms with van der Waals surface area (Å²) in [4.78, 5) is 12.3. The standard InChI is InChI=1S/C24H32O4/c1-5-7-9-21(8-6-2)27-22-14-16-23(17-15-22)28-24(25)20-12-10-19(11-13-20)18(3)26-4/h10-18,21H,5-9H2,1-4H3. The number of hydrogen-bond acceptors (Lipinski definition) is 4. The maximum absolute atomic E-state index is 12.3. The van der Waals surface area contributed by atoms with Gasteiger partial charge in [0.2, 0.25) is 0 Å². The number of hydrogen-bond donors (Lipinski definition) is 0. The van der Waals surface area contributed by atoms with Crippen molar-refractivity contribution in [1.82, 2.24) is 0 Å². The molecule has 4 nitrogen and oxygen atoms in total. The molecular weight excluding hydrogens is 352 g/mol. The molecule has 2 unspecified atom stereocenters. The quantitative estimate of drug-likeness (QED) is 0.334. The van der Waals surface area contributed by atoms with E-state index in [-0.39, 0.29) is 18.2 Å². The highest BCUT2D eigenvalue weighted by atomic mass is 16.5. The molecule has 0 aliphatic carbocycles. The fourth-order valence-corrected chi connectivity index (χ4v) is 2.99. The van der Waals surface area contributed by atoms with E-state index in [1.165, 1.54) is 12.8 Å². The molecule has 2 atom stereocenters. The molecule has 152 valence electrons. The van der Waals surface area contributed by atoms with Crippen molar-refractivity contribution < 1.29 is 19.0 Å².